The third-order valence-corrected chi connectivity index (χ3v) is 6.57. The number of rotatable bonds is 6. The molecule has 1 aliphatic heterocycles. The van der Waals surface area contributed by atoms with E-state index in [2.05, 4.69) is 23.9 Å². The quantitative estimate of drug-likeness (QED) is 0.380. The average Bonchev–Trinajstić information content (AvgIpc) is 3.49. The van der Waals surface area contributed by atoms with Crippen LogP contribution in [0, 0.1) is 10.1 Å². The van der Waals surface area contributed by atoms with Crippen molar-refractivity contribution in [3.63, 3.8) is 0 Å². The number of aromatic nitrogens is 2. The monoisotopic (exact) mass is 495 g/mol. The first-order valence-corrected chi connectivity index (χ1v) is 11.6. The molecule has 10 nitrogen and oxygen atoms in total. The molecule has 12 heteroatoms. The van der Waals surface area contributed by atoms with Crippen LogP contribution in [-0.2, 0) is 6.54 Å². The van der Waals surface area contributed by atoms with Crippen molar-refractivity contribution in [3.05, 3.63) is 56.3 Å². The minimum absolute atomic E-state index is 0.0398. The highest BCUT2D eigenvalue weighted by Crippen LogP contribution is 2.31. The predicted octanol–water partition coefficient (Wildman–Crippen LogP) is 4.33. The summed E-state index contributed by atoms with van der Waals surface area (Å²) in [6.45, 7) is 6.92. The normalized spacial score (nSPS) is 14.8. The Morgan fingerprint density at radius 1 is 1.39 bits per heavy atom. The van der Waals surface area contributed by atoms with Gasteiger partial charge in [-0.15, -0.1) is 11.3 Å². The van der Waals surface area contributed by atoms with Crippen molar-refractivity contribution in [1.29, 1.82) is 0 Å². The minimum Gasteiger partial charge on any atom is -0.477 e. The van der Waals surface area contributed by atoms with Crippen LogP contribution in [0.2, 0.25) is 4.34 Å². The van der Waals surface area contributed by atoms with E-state index in [9.17, 15) is 14.9 Å². The number of carboxylic acid groups (broad SMARTS) is 1. The van der Waals surface area contributed by atoms with E-state index in [-0.39, 0.29) is 17.9 Å². The highest BCUT2D eigenvalue weighted by molar-refractivity contribution is 7.19. The van der Waals surface area contributed by atoms with E-state index in [4.69, 9.17) is 27.0 Å². The molecule has 0 radical (unpaired) electrons. The van der Waals surface area contributed by atoms with Gasteiger partial charge in [-0.2, -0.15) is 0 Å². The number of piperidine rings is 1. The Balaban J connectivity index is 0.000000257. The van der Waals surface area contributed by atoms with E-state index in [1.807, 2.05) is 0 Å². The summed E-state index contributed by atoms with van der Waals surface area (Å²) in [6.07, 6.45) is 3.51. The van der Waals surface area contributed by atoms with E-state index in [0.29, 0.717) is 27.9 Å². The number of nitrogens with zero attached hydrogens (tertiary/aromatic N) is 4. The Morgan fingerprint density at radius 2 is 2.09 bits per heavy atom. The van der Waals surface area contributed by atoms with Crippen molar-refractivity contribution in [2.75, 3.05) is 13.1 Å². The molecule has 0 atom stereocenters. The summed E-state index contributed by atoms with van der Waals surface area (Å²) in [5.74, 6) is -0.762. The molecule has 4 rings (SSSR count). The molecule has 4 heterocycles. The van der Waals surface area contributed by atoms with Crippen LogP contribution in [0.5, 0.6) is 0 Å². The summed E-state index contributed by atoms with van der Waals surface area (Å²) < 4.78 is 7.04. The van der Waals surface area contributed by atoms with Gasteiger partial charge < -0.3 is 24.8 Å². The molecule has 0 aliphatic carbocycles. The van der Waals surface area contributed by atoms with Crippen molar-refractivity contribution in [1.82, 2.24) is 14.6 Å². The van der Waals surface area contributed by atoms with Crippen LogP contribution in [0.25, 0.3) is 10.6 Å². The van der Waals surface area contributed by atoms with Gasteiger partial charge in [-0.25, -0.2) is 4.79 Å². The Morgan fingerprint density at radius 3 is 2.64 bits per heavy atom. The van der Waals surface area contributed by atoms with E-state index in [0.717, 1.165) is 17.1 Å². The van der Waals surface area contributed by atoms with Gasteiger partial charge in [0.2, 0.25) is 0 Å². The summed E-state index contributed by atoms with van der Waals surface area (Å²) in [4.78, 5) is 24.6. The van der Waals surface area contributed by atoms with Crippen molar-refractivity contribution in [2.24, 2.45) is 5.73 Å². The maximum Gasteiger partial charge on any atom is 0.352 e. The second kappa shape index (κ2) is 10.9. The maximum atomic E-state index is 11.2. The molecule has 1 aliphatic rings. The fourth-order valence-electron chi connectivity index (χ4n) is 3.46. The van der Waals surface area contributed by atoms with Crippen LogP contribution >= 0.6 is 22.9 Å². The van der Waals surface area contributed by atoms with Gasteiger partial charge >= 0.3 is 5.97 Å². The molecule has 0 amide bonds. The first-order valence-electron chi connectivity index (χ1n) is 10.4. The lowest BCUT2D eigenvalue weighted by atomic mass is 10.1. The van der Waals surface area contributed by atoms with Crippen LogP contribution < -0.4 is 5.73 Å². The molecule has 178 valence electrons. The maximum absolute atomic E-state index is 11.2. The number of nitro groups is 1. The summed E-state index contributed by atoms with van der Waals surface area (Å²) in [5, 5.41) is 23.8. The van der Waals surface area contributed by atoms with Gasteiger partial charge in [-0.3, -0.25) is 10.1 Å². The topological polar surface area (TPSA) is 141 Å². The number of hydrogen-bond donors (Lipinski definition) is 2. The van der Waals surface area contributed by atoms with Gasteiger partial charge in [-0.1, -0.05) is 16.8 Å². The summed E-state index contributed by atoms with van der Waals surface area (Å²) in [7, 11) is 0. The van der Waals surface area contributed by atoms with Crippen molar-refractivity contribution < 1.29 is 19.3 Å². The van der Waals surface area contributed by atoms with Crippen LogP contribution in [0.1, 0.15) is 42.9 Å². The number of hydrogen-bond acceptors (Lipinski definition) is 8. The van der Waals surface area contributed by atoms with Crippen LogP contribution in [-0.4, -0.2) is 55.8 Å². The van der Waals surface area contributed by atoms with Crippen LogP contribution in [0.3, 0.4) is 0 Å². The average molecular weight is 496 g/mol. The second-order valence-electron chi connectivity index (χ2n) is 8.03. The zero-order valence-electron chi connectivity index (χ0n) is 18.3. The molecule has 1 saturated heterocycles. The molecule has 0 bridgehead atoms. The van der Waals surface area contributed by atoms with Gasteiger partial charge in [0, 0.05) is 24.2 Å². The summed E-state index contributed by atoms with van der Waals surface area (Å²) in [6, 6.07) is 7.31. The van der Waals surface area contributed by atoms with Gasteiger partial charge in [0.05, 0.1) is 26.9 Å². The lowest BCUT2D eigenvalue weighted by Gasteiger charge is -2.32. The van der Waals surface area contributed by atoms with E-state index in [1.165, 1.54) is 41.8 Å². The van der Waals surface area contributed by atoms with Gasteiger partial charge in [0.1, 0.15) is 11.4 Å². The summed E-state index contributed by atoms with van der Waals surface area (Å²) >= 11 is 7.18. The van der Waals surface area contributed by atoms with E-state index < -0.39 is 10.9 Å². The fourth-order valence-corrected chi connectivity index (χ4v) is 4.46. The molecule has 0 aromatic carbocycles. The first kappa shape index (κ1) is 24.9. The van der Waals surface area contributed by atoms with Gasteiger partial charge in [-0.05, 0) is 51.9 Å². The van der Waals surface area contributed by atoms with E-state index >= 15 is 0 Å². The zero-order valence-corrected chi connectivity index (χ0v) is 19.9. The smallest absolute Gasteiger partial charge is 0.352 e. The van der Waals surface area contributed by atoms with Crippen molar-refractivity contribution in [3.8, 4) is 10.6 Å². The Hall–Kier alpha value is -2.73. The lowest BCUT2D eigenvalue weighted by molar-refractivity contribution is -0.384. The minimum atomic E-state index is -1.26. The van der Waals surface area contributed by atoms with Crippen LogP contribution in [0.4, 0.5) is 5.69 Å². The fraction of sp³-hybridized carbons (Fsp3) is 0.429. The number of thiophene rings is 1. The highest BCUT2D eigenvalue weighted by atomic mass is 35.5. The number of nitrogens with two attached hydrogens (primary N) is 1. The standard InChI is InChI=1S/C13H8ClN3O5S.C8H18N2/c14-12-2-1-11(23-12)10-3-7(15-22-10)5-16-6-8(17(20)21)4-9(16)13(18)19;1-7(2)10-5-3-8(9)4-6-10/h1-4,6H,5H2,(H,18,19);7-8H,3-6,9H2,1-2H3. The molecule has 0 spiro atoms. The predicted molar refractivity (Wildman–Crippen MR) is 126 cm³/mol. The molecule has 3 N–H and O–H groups in total. The van der Waals surface area contributed by atoms with Crippen molar-refractivity contribution in [2.45, 2.75) is 45.3 Å². The molecule has 0 saturated carbocycles. The molecular formula is C21H26ClN5O5S. The van der Waals surface area contributed by atoms with Crippen molar-refractivity contribution >= 4 is 34.6 Å². The van der Waals surface area contributed by atoms with Gasteiger partial charge in [0.25, 0.3) is 5.69 Å². The SMILES string of the molecule is CC(C)N1CCC(N)CC1.O=C(O)c1cc([N+](=O)[O-])cn1Cc1cc(-c2ccc(Cl)s2)on1. The van der Waals surface area contributed by atoms with Gasteiger partial charge in [0.15, 0.2) is 5.76 Å². The molecule has 3 aromatic heterocycles. The van der Waals surface area contributed by atoms with E-state index in [1.54, 1.807) is 18.2 Å². The Bertz CT molecular complexity index is 1100. The molecular weight excluding hydrogens is 470 g/mol. The largest absolute Gasteiger partial charge is 0.477 e. The number of halogens is 1. The Labute approximate surface area is 199 Å². The molecule has 33 heavy (non-hydrogen) atoms. The summed E-state index contributed by atoms with van der Waals surface area (Å²) in [5.41, 5.74) is 5.72. The lowest BCUT2D eigenvalue weighted by Crippen LogP contribution is -2.42. The molecule has 1 fully saturated rings. The Kier molecular flexibility index (Phi) is 8.25. The number of likely N-dealkylation sites (tertiary alicyclic amines) is 1. The second-order valence-corrected chi connectivity index (χ2v) is 9.74. The number of aromatic carboxylic acids is 1. The number of carboxylic acids is 1. The zero-order chi connectivity index (χ0) is 24.1. The third-order valence-electron chi connectivity index (χ3n) is 5.32. The number of carbonyl (C=O) groups is 1. The highest BCUT2D eigenvalue weighted by Gasteiger charge is 2.20. The molecule has 3 aromatic rings. The third kappa shape index (κ3) is 6.64. The first-order chi connectivity index (χ1) is 15.6. The van der Waals surface area contributed by atoms with Crippen LogP contribution in [0.15, 0.2) is 35.0 Å². The molecule has 0 unspecified atom stereocenters.